The molecule has 0 saturated carbocycles. The first-order valence-electron chi connectivity index (χ1n) is 5.91. The number of carbonyl (C=O) groups is 1. The van der Waals surface area contributed by atoms with Crippen molar-refractivity contribution in [1.29, 1.82) is 0 Å². The van der Waals surface area contributed by atoms with Crippen LogP contribution in [0.5, 0.6) is 0 Å². The third kappa shape index (κ3) is 2.57. The van der Waals surface area contributed by atoms with Crippen molar-refractivity contribution in [2.75, 3.05) is 26.2 Å². The van der Waals surface area contributed by atoms with Crippen LogP contribution in [0.25, 0.3) is 0 Å². The summed E-state index contributed by atoms with van der Waals surface area (Å²) in [7, 11) is 0. The third-order valence-electron chi connectivity index (χ3n) is 3.15. The van der Waals surface area contributed by atoms with Gasteiger partial charge in [0.1, 0.15) is 0 Å². The first-order chi connectivity index (χ1) is 9.06. The largest absolute Gasteiger partial charge is 0.332 e. The molecule has 1 aromatic carbocycles. The minimum atomic E-state index is -1.63. The van der Waals surface area contributed by atoms with Gasteiger partial charge in [-0.25, -0.2) is 13.2 Å². The van der Waals surface area contributed by atoms with Crippen LogP contribution in [0.3, 0.4) is 0 Å². The molecule has 104 valence electrons. The second kappa shape index (κ2) is 5.58. The van der Waals surface area contributed by atoms with E-state index >= 15 is 0 Å². The van der Waals surface area contributed by atoms with Crippen molar-refractivity contribution in [2.24, 2.45) is 5.73 Å². The zero-order chi connectivity index (χ0) is 14.0. The molecular formula is C12H14F3N3O. The van der Waals surface area contributed by atoms with E-state index in [1.165, 1.54) is 4.90 Å². The summed E-state index contributed by atoms with van der Waals surface area (Å²) in [5.74, 6) is -5.08. The summed E-state index contributed by atoms with van der Waals surface area (Å²) >= 11 is 0. The average molecular weight is 273 g/mol. The lowest BCUT2D eigenvalue weighted by atomic mass is 10.1. The highest BCUT2D eigenvalue weighted by Gasteiger charge is 2.29. The minimum Gasteiger partial charge on any atom is -0.332 e. The predicted octanol–water partition coefficient (Wildman–Crippen LogP) is 0.477. The lowest BCUT2D eigenvalue weighted by Crippen LogP contribution is -2.56. The van der Waals surface area contributed by atoms with Crippen LogP contribution >= 0.6 is 0 Å². The first kappa shape index (κ1) is 13.8. The number of nitrogens with one attached hydrogen (secondary N) is 1. The molecule has 1 amide bonds. The Balaban J connectivity index is 2.31. The number of halogens is 3. The lowest BCUT2D eigenvalue weighted by molar-refractivity contribution is 0.0638. The van der Waals surface area contributed by atoms with E-state index in [0.29, 0.717) is 19.6 Å². The molecule has 2 rings (SSSR count). The van der Waals surface area contributed by atoms with Crippen molar-refractivity contribution >= 4 is 5.91 Å². The molecule has 1 aromatic rings. The van der Waals surface area contributed by atoms with Gasteiger partial charge in [0.05, 0.1) is 11.6 Å². The van der Waals surface area contributed by atoms with Crippen molar-refractivity contribution in [2.45, 2.75) is 6.04 Å². The molecule has 1 saturated heterocycles. The van der Waals surface area contributed by atoms with Gasteiger partial charge in [-0.1, -0.05) is 0 Å². The highest BCUT2D eigenvalue weighted by molar-refractivity contribution is 5.94. The number of hydrogen-bond acceptors (Lipinski definition) is 3. The van der Waals surface area contributed by atoms with Crippen LogP contribution in [-0.4, -0.2) is 43.0 Å². The molecule has 1 unspecified atom stereocenters. The van der Waals surface area contributed by atoms with Crippen molar-refractivity contribution in [3.63, 3.8) is 0 Å². The Kier molecular flexibility index (Phi) is 4.06. The Labute approximate surface area is 108 Å². The van der Waals surface area contributed by atoms with Gasteiger partial charge >= 0.3 is 0 Å². The molecule has 1 fully saturated rings. The molecule has 1 aliphatic heterocycles. The molecule has 0 bridgehead atoms. The molecule has 0 spiro atoms. The fourth-order valence-corrected chi connectivity index (χ4v) is 2.08. The summed E-state index contributed by atoms with van der Waals surface area (Å²) in [6.45, 7) is 1.60. The fourth-order valence-electron chi connectivity index (χ4n) is 2.08. The highest BCUT2D eigenvalue weighted by Crippen LogP contribution is 2.18. The Hall–Kier alpha value is -1.60. The summed E-state index contributed by atoms with van der Waals surface area (Å²) in [5.41, 5.74) is 5.07. The summed E-state index contributed by atoms with van der Waals surface area (Å²) in [6.07, 6.45) is 0. The highest BCUT2D eigenvalue weighted by atomic mass is 19.2. The molecule has 0 radical (unpaired) electrons. The normalized spacial score (nSPS) is 19.6. The molecular weight excluding hydrogens is 259 g/mol. The van der Waals surface area contributed by atoms with Crippen molar-refractivity contribution in [3.05, 3.63) is 35.1 Å². The van der Waals surface area contributed by atoms with Gasteiger partial charge in [-0.15, -0.1) is 0 Å². The Morgan fingerprint density at radius 1 is 1.37 bits per heavy atom. The summed E-state index contributed by atoms with van der Waals surface area (Å²) in [5, 5.41) is 3.06. The molecule has 7 heteroatoms. The molecule has 0 aromatic heterocycles. The van der Waals surface area contributed by atoms with E-state index in [4.69, 9.17) is 5.73 Å². The van der Waals surface area contributed by atoms with Gasteiger partial charge in [-0.3, -0.25) is 4.79 Å². The van der Waals surface area contributed by atoms with Gasteiger partial charge in [0.15, 0.2) is 17.5 Å². The maximum absolute atomic E-state index is 13.6. The summed E-state index contributed by atoms with van der Waals surface area (Å²) in [6, 6.07) is 1.41. The zero-order valence-corrected chi connectivity index (χ0v) is 10.1. The first-order valence-corrected chi connectivity index (χ1v) is 5.91. The average Bonchev–Trinajstić information content (AvgIpc) is 2.44. The van der Waals surface area contributed by atoms with E-state index in [2.05, 4.69) is 5.32 Å². The van der Waals surface area contributed by atoms with E-state index in [9.17, 15) is 18.0 Å². The molecule has 4 nitrogen and oxygen atoms in total. The number of carbonyl (C=O) groups excluding carboxylic acids is 1. The predicted molar refractivity (Wildman–Crippen MR) is 63.1 cm³/mol. The van der Waals surface area contributed by atoms with Crippen molar-refractivity contribution < 1.29 is 18.0 Å². The van der Waals surface area contributed by atoms with Crippen molar-refractivity contribution in [1.82, 2.24) is 10.2 Å². The van der Waals surface area contributed by atoms with E-state index in [1.54, 1.807) is 0 Å². The van der Waals surface area contributed by atoms with E-state index in [1.807, 2.05) is 0 Å². The van der Waals surface area contributed by atoms with E-state index in [-0.39, 0.29) is 12.6 Å². The van der Waals surface area contributed by atoms with E-state index in [0.717, 1.165) is 12.1 Å². The molecule has 1 heterocycles. The maximum atomic E-state index is 13.6. The van der Waals surface area contributed by atoms with Crippen LogP contribution in [0, 0.1) is 17.5 Å². The monoisotopic (exact) mass is 273 g/mol. The second-order valence-corrected chi connectivity index (χ2v) is 4.32. The molecule has 0 aliphatic carbocycles. The van der Waals surface area contributed by atoms with Crippen LogP contribution < -0.4 is 11.1 Å². The number of hydrogen-bond donors (Lipinski definition) is 2. The summed E-state index contributed by atoms with van der Waals surface area (Å²) < 4.78 is 39.6. The number of piperazine rings is 1. The van der Waals surface area contributed by atoms with Gasteiger partial charge in [-0.05, 0) is 12.1 Å². The van der Waals surface area contributed by atoms with Gasteiger partial charge < -0.3 is 16.0 Å². The molecule has 3 N–H and O–H groups in total. The quantitative estimate of drug-likeness (QED) is 0.770. The van der Waals surface area contributed by atoms with Crippen LogP contribution in [0.15, 0.2) is 12.1 Å². The summed E-state index contributed by atoms with van der Waals surface area (Å²) in [4.78, 5) is 13.5. The lowest BCUT2D eigenvalue weighted by Gasteiger charge is -2.35. The van der Waals surface area contributed by atoms with Gasteiger partial charge in [-0.2, -0.15) is 0 Å². The zero-order valence-electron chi connectivity index (χ0n) is 10.1. The number of nitrogens with two attached hydrogens (primary N) is 1. The fraction of sp³-hybridized carbons (Fsp3) is 0.417. The topological polar surface area (TPSA) is 58.4 Å². The number of amides is 1. The van der Waals surface area contributed by atoms with E-state index < -0.39 is 28.9 Å². The third-order valence-corrected chi connectivity index (χ3v) is 3.15. The van der Waals surface area contributed by atoms with Crippen molar-refractivity contribution in [3.8, 4) is 0 Å². The maximum Gasteiger partial charge on any atom is 0.257 e. The number of nitrogens with zero attached hydrogens (tertiary/aromatic N) is 1. The Morgan fingerprint density at radius 3 is 2.79 bits per heavy atom. The Bertz CT molecular complexity index is 495. The number of benzene rings is 1. The molecule has 19 heavy (non-hydrogen) atoms. The number of rotatable bonds is 2. The Morgan fingerprint density at radius 2 is 2.11 bits per heavy atom. The standard InChI is InChI=1S/C12H14F3N3O/c13-9-2-1-8(10(14)11(9)15)12(19)18-4-3-17-6-7(18)5-16/h1-2,7,17H,3-6,16H2. The van der Waals surface area contributed by atoms with Crippen LogP contribution in [0.1, 0.15) is 10.4 Å². The minimum absolute atomic E-state index is 0.212. The van der Waals surface area contributed by atoms with Gasteiger partial charge in [0, 0.05) is 26.2 Å². The van der Waals surface area contributed by atoms with Crippen LogP contribution in [0.2, 0.25) is 0 Å². The van der Waals surface area contributed by atoms with Gasteiger partial charge in [0.25, 0.3) is 5.91 Å². The smallest absolute Gasteiger partial charge is 0.257 e. The SMILES string of the molecule is NCC1CNCCN1C(=O)c1ccc(F)c(F)c1F. The second-order valence-electron chi connectivity index (χ2n) is 4.32. The molecule has 1 atom stereocenters. The van der Waals surface area contributed by atoms with Gasteiger partial charge in [0.2, 0.25) is 0 Å². The molecule has 1 aliphatic rings. The van der Waals surface area contributed by atoms with Crippen LogP contribution in [0.4, 0.5) is 13.2 Å². The van der Waals surface area contributed by atoms with Crippen LogP contribution in [-0.2, 0) is 0 Å².